The normalized spacial score (nSPS) is 13.2. The second kappa shape index (κ2) is 8.49. The van der Waals surface area contributed by atoms with Crippen LogP contribution in [-0.4, -0.2) is 24.9 Å². The summed E-state index contributed by atoms with van der Waals surface area (Å²) >= 11 is 5.01. The molecule has 0 bridgehead atoms. The first-order valence-corrected chi connectivity index (χ1v) is 9.92. The summed E-state index contributed by atoms with van der Waals surface area (Å²) in [6, 6.07) is 10.2. The highest BCUT2D eigenvalue weighted by Gasteiger charge is 2.18. The third-order valence-electron chi connectivity index (χ3n) is 4.10. The van der Waals surface area contributed by atoms with Crippen LogP contribution in [0.3, 0.4) is 0 Å². The zero-order valence-electron chi connectivity index (χ0n) is 13.8. The van der Waals surface area contributed by atoms with E-state index in [1.807, 2.05) is 29.6 Å². The standard InChI is InChI=1S/C18H20BrN3O2S/c19-14-10-15(25-12-14)7-8-17(23)20-21-18(24)11-22-9-3-5-13-4-1-2-6-16(13)22/h1-2,4,6,10,12H,3,5,7-9,11H2,(H,20,23)(H,21,24). The van der Waals surface area contributed by atoms with Crippen molar-refractivity contribution in [3.05, 3.63) is 50.6 Å². The number of hydrogen-bond donors (Lipinski definition) is 2. The number of nitrogens with one attached hydrogen (secondary N) is 2. The molecule has 132 valence electrons. The Balaban J connectivity index is 1.43. The van der Waals surface area contributed by atoms with Gasteiger partial charge in [0.25, 0.3) is 5.91 Å². The molecule has 0 spiro atoms. The Morgan fingerprint density at radius 1 is 1.20 bits per heavy atom. The molecule has 0 fully saturated rings. The second-order valence-corrected chi connectivity index (χ2v) is 7.89. The van der Waals surface area contributed by atoms with Gasteiger partial charge in [0.15, 0.2) is 0 Å². The van der Waals surface area contributed by atoms with Crippen LogP contribution in [0.5, 0.6) is 0 Å². The van der Waals surface area contributed by atoms with Crippen LogP contribution in [-0.2, 0) is 22.4 Å². The average molecular weight is 422 g/mol. The van der Waals surface area contributed by atoms with Crippen LogP contribution < -0.4 is 15.8 Å². The van der Waals surface area contributed by atoms with Gasteiger partial charge >= 0.3 is 0 Å². The van der Waals surface area contributed by atoms with Crippen LogP contribution in [0.25, 0.3) is 0 Å². The van der Waals surface area contributed by atoms with E-state index < -0.39 is 0 Å². The molecule has 0 radical (unpaired) electrons. The van der Waals surface area contributed by atoms with Gasteiger partial charge in [0.05, 0.1) is 6.54 Å². The van der Waals surface area contributed by atoms with E-state index in [9.17, 15) is 9.59 Å². The monoisotopic (exact) mass is 421 g/mol. The van der Waals surface area contributed by atoms with E-state index >= 15 is 0 Å². The van der Waals surface area contributed by atoms with Gasteiger partial charge in [0.2, 0.25) is 5.91 Å². The van der Waals surface area contributed by atoms with Crippen molar-refractivity contribution in [2.24, 2.45) is 0 Å². The lowest BCUT2D eigenvalue weighted by atomic mass is 10.0. The van der Waals surface area contributed by atoms with Gasteiger partial charge in [-0.2, -0.15) is 0 Å². The fourth-order valence-corrected chi connectivity index (χ4v) is 4.37. The average Bonchev–Trinajstić information content (AvgIpc) is 3.04. The number of nitrogens with zero attached hydrogens (tertiary/aromatic N) is 1. The highest BCUT2D eigenvalue weighted by atomic mass is 79.9. The number of hydrazine groups is 1. The first-order chi connectivity index (χ1) is 12.1. The maximum Gasteiger partial charge on any atom is 0.257 e. The van der Waals surface area contributed by atoms with Crippen LogP contribution in [0.2, 0.25) is 0 Å². The van der Waals surface area contributed by atoms with E-state index in [0.29, 0.717) is 12.8 Å². The van der Waals surface area contributed by atoms with Crippen LogP contribution in [0.1, 0.15) is 23.3 Å². The van der Waals surface area contributed by atoms with E-state index in [1.165, 1.54) is 5.56 Å². The lowest BCUT2D eigenvalue weighted by molar-refractivity contribution is -0.128. The predicted molar refractivity (Wildman–Crippen MR) is 104 cm³/mol. The van der Waals surface area contributed by atoms with E-state index in [4.69, 9.17) is 0 Å². The van der Waals surface area contributed by atoms with Crippen LogP contribution in [0.15, 0.2) is 40.2 Å². The zero-order chi connectivity index (χ0) is 17.6. The maximum atomic E-state index is 12.1. The molecule has 5 nitrogen and oxygen atoms in total. The number of thiophene rings is 1. The molecule has 1 aliphatic rings. The SMILES string of the molecule is O=C(CCc1cc(Br)cs1)NNC(=O)CN1CCCc2ccccc21. The van der Waals surface area contributed by atoms with Gasteiger partial charge in [-0.1, -0.05) is 18.2 Å². The number of anilines is 1. The summed E-state index contributed by atoms with van der Waals surface area (Å²) in [6.07, 6.45) is 3.09. The molecule has 1 aliphatic heterocycles. The number of para-hydroxylation sites is 1. The molecule has 1 aromatic carbocycles. The van der Waals surface area contributed by atoms with Gasteiger partial charge in [-0.3, -0.25) is 20.4 Å². The van der Waals surface area contributed by atoms with Gasteiger partial charge in [-0.25, -0.2) is 0 Å². The summed E-state index contributed by atoms with van der Waals surface area (Å²) in [5.74, 6) is -0.388. The number of fused-ring (bicyclic) bond motifs is 1. The third kappa shape index (κ3) is 5.06. The minimum Gasteiger partial charge on any atom is -0.362 e. The molecule has 2 heterocycles. The molecular weight excluding hydrogens is 402 g/mol. The van der Waals surface area contributed by atoms with Crippen molar-refractivity contribution >= 4 is 44.8 Å². The summed E-state index contributed by atoms with van der Waals surface area (Å²) in [5.41, 5.74) is 7.40. The highest BCUT2D eigenvalue weighted by Crippen LogP contribution is 2.26. The van der Waals surface area contributed by atoms with Crippen molar-refractivity contribution in [2.45, 2.75) is 25.7 Å². The Morgan fingerprint density at radius 3 is 2.80 bits per heavy atom. The molecule has 1 aromatic heterocycles. The minimum absolute atomic E-state index is 0.183. The Kier molecular flexibility index (Phi) is 6.09. The molecule has 25 heavy (non-hydrogen) atoms. The summed E-state index contributed by atoms with van der Waals surface area (Å²) in [7, 11) is 0. The molecule has 2 amide bonds. The number of aryl methyl sites for hydroxylation is 2. The number of carbonyl (C=O) groups is 2. The van der Waals surface area contributed by atoms with Gasteiger partial charge in [0.1, 0.15) is 0 Å². The number of amides is 2. The molecule has 0 saturated heterocycles. The predicted octanol–water partition coefficient (Wildman–Crippen LogP) is 3.04. The topological polar surface area (TPSA) is 61.4 Å². The molecule has 2 N–H and O–H groups in total. The first kappa shape index (κ1) is 17.9. The van der Waals surface area contributed by atoms with E-state index in [1.54, 1.807) is 11.3 Å². The molecule has 0 aliphatic carbocycles. The van der Waals surface area contributed by atoms with Crippen molar-refractivity contribution in [3.63, 3.8) is 0 Å². The summed E-state index contributed by atoms with van der Waals surface area (Å²) < 4.78 is 1.03. The number of halogens is 1. The van der Waals surface area contributed by atoms with Gasteiger partial charge in [-0.05, 0) is 52.9 Å². The zero-order valence-corrected chi connectivity index (χ0v) is 16.2. The summed E-state index contributed by atoms with van der Waals surface area (Å²) in [6.45, 7) is 1.10. The molecule has 0 saturated carbocycles. The minimum atomic E-state index is -0.205. The summed E-state index contributed by atoms with van der Waals surface area (Å²) in [4.78, 5) is 27.2. The van der Waals surface area contributed by atoms with Crippen molar-refractivity contribution in [1.82, 2.24) is 10.9 Å². The smallest absolute Gasteiger partial charge is 0.257 e. The molecule has 2 aromatic rings. The van der Waals surface area contributed by atoms with Crippen molar-refractivity contribution < 1.29 is 9.59 Å². The quantitative estimate of drug-likeness (QED) is 0.729. The van der Waals surface area contributed by atoms with Crippen molar-refractivity contribution in [3.8, 4) is 0 Å². The highest BCUT2D eigenvalue weighted by molar-refractivity contribution is 9.10. The fourth-order valence-electron chi connectivity index (χ4n) is 2.91. The number of carbonyl (C=O) groups excluding carboxylic acids is 2. The van der Waals surface area contributed by atoms with E-state index in [2.05, 4.69) is 37.7 Å². The second-order valence-electron chi connectivity index (χ2n) is 5.98. The largest absolute Gasteiger partial charge is 0.362 e. The maximum absolute atomic E-state index is 12.1. The lowest BCUT2D eigenvalue weighted by Crippen LogP contribution is -2.47. The molecule has 7 heteroatoms. The number of benzene rings is 1. The third-order valence-corrected chi connectivity index (χ3v) is 5.86. The Bertz CT molecular complexity index is 762. The molecule has 0 unspecified atom stereocenters. The number of rotatable bonds is 5. The summed E-state index contributed by atoms with van der Waals surface area (Å²) in [5, 5.41) is 1.99. The molecule has 3 rings (SSSR count). The first-order valence-electron chi connectivity index (χ1n) is 8.25. The number of hydrogen-bond acceptors (Lipinski definition) is 4. The van der Waals surface area contributed by atoms with Gasteiger partial charge < -0.3 is 4.90 Å². The van der Waals surface area contributed by atoms with Gasteiger partial charge in [-0.15, -0.1) is 11.3 Å². The van der Waals surface area contributed by atoms with Gasteiger partial charge in [0, 0.05) is 33.4 Å². The van der Waals surface area contributed by atoms with Crippen LogP contribution in [0, 0.1) is 0 Å². The Hall–Kier alpha value is -1.86. The lowest BCUT2D eigenvalue weighted by Gasteiger charge is -2.30. The van der Waals surface area contributed by atoms with Crippen molar-refractivity contribution in [1.29, 1.82) is 0 Å². The van der Waals surface area contributed by atoms with Crippen LogP contribution in [0.4, 0.5) is 5.69 Å². The van der Waals surface area contributed by atoms with Crippen molar-refractivity contribution in [2.75, 3.05) is 18.0 Å². The van der Waals surface area contributed by atoms with E-state index in [0.717, 1.165) is 34.4 Å². The fraction of sp³-hybridized carbons (Fsp3) is 0.333. The molecule has 0 atom stereocenters. The van der Waals surface area contributed by atoms with Crippen LogP contribution >= 0.6 is 27.3 Å². The Morgan fingerprint density at radius 2 is 2.00 bits per heavy atom. The molecular formula is C18H20BrN3O2S. The van der Waals surface area contributed by atoms with E-state index in [-0.39, 0.29) is 18.4 Å². The Labute approximate surface area is 159 Å².